The molecule has 1 atom stereocenters. The van der Waals surface area contributed by atoms with Gasteiger partial charge in [-0.1, -0.05) is 18.2 Å². The molecule has 1 heterocycles. The third-order valence-electron chi connectivity index (χ3n) is 3.10. The number of rotatable bonds is 2. The van der Waals surface area contributed by atoms with Crippen molar-refractivity contribution in [1.29, 1.82) is 0 Å². The highest BCUT2D eigenvalue weighted by Crippen LogP contribution is 2.13. The Labute approximate surface area is 96.5 Å². The molecule has 1 amide bonds. The predicted molar refractivity (Wildman–Crippen MR) is 64.2 cm³/mol. The van der Waals surface area contributed by atoms with Gasteiger partial charge < -0.3 is 5.32 Å². The minimum Gasteiger partial charge on any atom is -0.337 e. The topological polar surface area (TPSA) is 32.3 Å². The lowest BCUT2D eigenvalue weighted by Crippen LogP contribution is -2.48. The molecule has 1 fully saturated rings. The lowest BCUT2D eigenvalue weighted by atomic mass is 10.1. The number of hydrogen-bond acceptors (Lipinski definition) is 2. The number of piperidine rings is 1. The molecule has 1 aliphatic heterocycles. The summed E-state index contributed by atoms with van der Waals surface area (Å²) in [7, 11) is 2.06. The number of carbonyl (C=O) groups is 1. The summed E-state index contributed by atoms with van der Waals surface area (Å²) in [5.41, 5.74) is 0.737. The fourth-order valence-electron chi connectivity index (χ4n) is 2.08. The van der Waals surface area contributed by atoms with Crippen LogP contribution in [0.25, 0.3) is 0 Å². The van der Waals surface area contributed by atoms with E-state index in [0.29, 0.717) is 0 Å². The van der Waals surface area contributed by atoms with E-state index in [4.69, 9.17) is 0 Å². The molecular weight excluding hydrogens is 200 g/mol. The summed E-state index contributed by atoms with van der Waals surface area (Å²) in [6, 6.07) is 9.39. The van der Waals surface area contributed by atoms with Crippen molar-refractivity contribution in [2.45, 2.75) is 25.4 Å². The summed E-state index contributed by atoms with van der Waals surface area (Å²) >= 11 is 0. The van der Waals surface area contributed by atoms with E-state index in [9.17, 15) is 4.79 Å². The smallest absolute Gasteiger partial charge is 0.252 e. The van der Waals surface area contributed by atoms with Gasteiger partial charge in [-0.05, 0) is 45.0 Å². The van der Waals surface area contributed by atoms with E-state index in [1.807, 2.05) is 30.3 Å². The molecular formula is C13H18N2O. The zero-order valence-corrected chi connectivity index (χ0v) is 9.65. The molecule has 86 valence electrons. The molecule has 1 aromatic carbocycles. The van der Waals surface area contributed by atoms with E-state index in [2.05, 4.69) is 17.3 Å². The Morgan fingerprint density at radius 3 is 2.75 bits per heavy atom. The van der Waals surface area contributed by atoms with Crippen molar-refractivity contribution in [3.63, 3.8) is 0 Å². The van der Waals surface area contributed by atoms with Crippen LogP contribution in [0.3, 0.4) is 0 Å². The van der Waals surface area contributed by atoms with Crippen LogP contribution in [0.2, 0.25) is 0 Å². The summed E-state index contributed by atoms with van der Waals surface area (Å²) in [6.07, 6.45) is 3.68. The van der Waals surface area contributed by atoms with Crippen LogP contribution in [0.1, 0.15) is 29.6 Å². The first kappa shape index (κ1) is 11.1. The highest BCUT2D eigenvalue weighted by molar-refractivity contribution is 5.94. The van der Waals surface area contributed by atoms with Gasteiger partial charge in [-0.2, -0.15) is 0 Å². The van der Waals surface area contributed by atoms with Crippen LogP contribution in [-0.2, 0) is 0 Å². The van der Waals surface area contributed by atoms with E-state index >= 15 is 0 Å². The van der Waals surface area contributed by atoms with Crippen LogP contribution in [0.15, 0.2) is 30.3 Å². The lowest BCUT2D eigenvalue weighted by Gasteiger charge is -2.32. The zero-order valence-electron chi connectivity index (χ0n) is 9.65. The van der Waals surface area contributed by atoms with Gasteiger partial charge in [-0.15, -0.1) is 0 Å². The average molecular weight is 218 g/mol. The van der Waals surface area contributed by atoms with Crippen molar-refractivity contribution >= 4 is 5.91 Å². The van der Waals surface area contributed by atoms with Gasteiger partial charge in [-0.3, -0.25) is 9.69 Å². The molecule has 0 radical (unpaired) electrons. The second-order valence-corrected chi connectivity index (χ2v) is 4.33. The fourth-order valence-corrected chi connectivity index (χ4v) is 2.08. The van der Waals surface area contributed by atoms with E-state index in [0.717, 1.165) is 18.5 Å². The van der Waals surface area contributed by atoms with E-state index in [-0.39, 0.29) is 12.1 Å². The standard InChI is InChI=1S/C13H18N2O/c1-15-10-6-5-9-12(15)14-13(16)11-7-3-2-4-8-11/h2-4,7-8,12H,5-6,9-10H2,1H3,(H,14,16). The maximum absolute atomic E-state index is 11.9. The van der Waals surface area contributed by atoms with Crippen molar-refractivity contribution in [1.82, 2.24) is 10.2 Å². The number of amides is 1. The zero-order chi connectivity index (χ0) is 11.4. The summed E-state index contributed by atoms with van der Waals surface area (Å²) < 4.78 is 0. The second-order valence-electron chi connectivity index (χ2n) is 4.33. The van der Waals surface area contributed by atoms with Gasteiger partial charge in [0.25, 0.3) is 5.91 Å². The van der Waals surface area contributed by atoms with Gasteiger partial charge >= 0.3 is 0 Å². The van der Waals surface area contributed by atoms with E-state index < -0.39 is 0 Å². The van der Waals surface area contributed by atoms with Gasteiger partial charge in [0.15, 0.2) is 0 Å². The molecule has 0 saturated carbocycles. The largest absolute Gasteiger partial charge is 0.337 e. The lowest BCUT2D eigenvalue weighted by molar-refractivity contribution is 0.0829. The van der Waals surface area contributed by atoms with Crippen molar-refractivity contribution in [3.8, 4) is 0 Å². The quantitative estimate of drug-likeness (QED) is 0.821. The molecule has 0 spiro atoms. The first-order valence-electron chi connectivity index (χ1n) is 5.83. The number of carbonyl (C=O) groups excluding carboxylic acids is 1. The SMILES string of the molecule is CN1CCCCC1NC(=O)c1ccccc1. The Kier molecular flexibility index (Phi) is 3.57. The summed E-state index contributed by atoms with van der Waals surface area (Å²) in [6.45, 7) is 1.07. The molecule has 1 aliphatic rings. The molecule has 1 N–H and O–H groups in total. The normalized spacial score (nSPS) is 21.7. The Bertz CT molecular complexity index is 350. The van der Waals surface area contributed by atoms with Crippen molar-refractivity contribution in [3.05, 3.63) is 35.9 Å². The van der Waals surface area contributed by atoms with Gasteiger partial charge in [-0.25, -0.2) is 0 Å². The highest BCUT2D eigenvalue weighted by Gasteiger charge is 2.20. The Balaban J connectivity index is 1.96. The molecule has 1 saturated heterocycles. The van der Waals surface area contributed by atoms with Crippen molar-refractivity contribution < 1.29 is 4.79 Å². The molecule has 3 nitrogen and oxygen atoms in total. The molecule has 0 aliphatic carbocycles. The molecule has 1 unspecified atom stereocenters. The molecule has 2 rings (SSSR count). The van der Waals surface area contributed by atoms with Crippen LogP contribution in [-0.4, -0.2) is 30.6 Å². The minimum atomic E-state index is 0.0272. The molecule has 16 heavy (non-hydrogen) atoms. The third-order valence-corrected chi connectivity index (χ3v) is 3.10. The Morgan fingerprint density at radius 1 is 1.31 bits per heavy atom. The number of likely N-dealkylation sites (tertiary alicyclic amines) is 1. The number of nitrogens with zero attached hydrogens (tertiary/aromatic N) is 1. The van der Waals surface area contributed by atoms with E-state index in [1.54, 1.807) is 0 Å². The molecule has 0 bridgehead atoms. The van der Waals surface area contributed by atoms with Crippen LogP contribution in [0.5, 0.6) is 0 Å². The summed E-state index contributed by atoms with van der Waals surface area (Å²) in [4.78, 5) is 14.1. The summed E-state index contributed by atoms with van der Waals surface area (Å²) in [5.74, 6) is 0.0272. The molecule has 0 aromatic heterocycles. The van der Waals surface area contributed by atoms with E-state index in [1.165, 1.54) is 12.8 Å². The van der Waals surface area contributed by atoms with Gasteiger partial charge in [0.1, 0.15) is 0 Å². The predicted octanol–water partition coefficient (Wildman–Crippen LogP) is 1.86. The van der Waals surface area contributed by atoms with Crippen LogP contribution in [0.4, 0.5) is 0 Å². The minimum absolute atomic E-state index is 0.0272. The third kappa shape index (κ3) is 2.61. The Morgan fingerprint density at radius 2 is 2.06 bits per heavy atom. The molecule has 3 heteroatoms. The first-order chi connectivity index (χ1) is 7.77. The fraction of sp³-hybridized carbons (Fsp3) is 0.462. The van der Waals surface area contributed by atoms with Gasteiger partial charge in [0.05, 0.1) is 6.17 Å². The first-order valence-corrected chi connectivity index (χ1v) is 5.83. The maximum atomic E-state index is 11.9. The van der Waals surface area contributed by atoms with Crippen molar-refractivity contribution in [2.24, 2.45) is 0 Å². The van der Waals surface area contributed by atoms with Crippen molar-refractivity contribution in [2.75, 3.05) is 13.6 Å². The number of benzene rings is 1. The monoisotopic (exact) mass is 218 g/mol. The van der Waals surface area contributed by atoms with Gasteiger partial charge in [0, 0.05) is 5.56 Å². The number of nitrogens with one attached hydrogen (secondary N) is 1. The highest BCUT2D eigenvalue weighted by atomic mass is 16.1. The van der Waals surface area contributed by atoms with Crippen LogP contribution >= 0.6 is 0 Å². The Hall–Kier alpha value is -1.35. The molecule has 1 aromatic rings. The van der Waals surface area contributed by atoms with Crippen LogP contribution in [0, 0.1) is 0 Å². The maximum Gasteiger partial charge on any atom is 0.252 e. The average Bonchev–Trinajstić information content (AvgIpc) is 2.33. The summed E-state index contributed by atoms with van der Waals surface area (Å²) in [5, 5.41) is 3.07. The number of hydrogen-bond donors (Lipinski definition) is 1. The second kappa shape index (κ2) is 5.12. The van der Waals surface area contributed by atoms with Gasteiger partial charge in [0.2, 0.25) is 0 Å². The van der Waals surface area contributed by atoms with Crippen LogP contribution < -0.4 is 5.32 Å².